The zero-order valence-electron chi connectivity index (χ0n) is 53.8. The third kappa shape index (κ3) is 18.4. The van der Waals surface area contributed by atoms with Crippen molar-refractivity contribution in [3.05, 3.63) is 251 Å². The van der Waals surface area contributed by atoms with Crippen molar-refractivity contribution >= 4 is 23.9 Å². The number of carbonyl (C=O) groups is 4. The number of carbonyl (C=O) groups excluding carboxylic acids is 4. The lowest BCUT2D eigenvalue weighted by Gasteiger charge is -2.49. The Kier molecular flexibility index (Phi) is 23.8. The summed E-state index contributed by atoms with van der Waals surface area (Å²) in [7, 11) is 0. The lowest BCUT2D eigenvalue weighted by molar-refractivity contribution is -0.357. The van der Waals surface area contributed by atoms with Crippen LogP contribution < -0.4 is 0 Å². The highest BCUT2D eigenvalue weighted by atomic mass is 16.8. The van der Waals surface area contributed by atoms with Gasteiger partial charge in [-0.25, -0.2) is 19.2 Å². The quantitative estimate of drug-likeness (QED) is 0.0334. The largest absolute Gasteiger partial charge is 0.459 e. The summed E-state index contributed by atoms with van der Waals surface area (Å²) in [5.41, 5.74) is 4.33. The average Bonchev–Trinajstić information content (AvgIpc) is 1.64. The van der Waals surface area contributed by atoms with E-state index in [1.54, 1.807) is 91.0 Å². The maximum absolute atomic E-state index is 15.0. The average molecular weight is 1290 g/mol. The summed E-state index contributed by atoms with van der Waals surface area (Å²) in [6, 6.07) is 64.7. The van der Waals surface area contributed by atoms with Gasteiger partial charge in [-0.1, -0.05) is 214 Å². The minimum atomic E-state index is -1.57. The predicted molar refractivity (Wildman–Crippen MR) is 352 cm³/mol. The van der Waals surface area contributed by atoms with Gasteiger partial charge in [-0.2, -0.15) is 0 Å². The molecule has 0 bridgehead atoms. The molecule has 16 heteroatoms. The first-order valence-corrected chi connectivity index (χ1v) is 33.9. The molecule has 0 spiro atoms. The Labute approximate surface area is 556 Å². The van der Waals surface area contributed by atoms with Crippen molar-refractivity contribution in [1.29, 1.82) is 0 Å². The fraction of sp³-hybridized carbons (Fsp3) is 0.418. The molecular formula is C79H86O16. The highest BCUT2D eigenvalue weighted by Gasteiger charge is 2.57. The molecule has 14 atom stereocenters. The van der Waals surface area contributed by atoms with Crippen LogP contribution in [-0.4, -0.2) is 110 Å². The molecule has 16 nitrogen and oxygen atoms in total. The van der Waals surface area contributed by atoms with E-state index in [1.807, 2.05) is 128 Å². The molecule has 0 aromatic heterocycles. The first kappa shape index (κ1) is 67.1. The normalized spacial score (nSPS) is 26.5. The number of ether oxygens (including phenoxy) is 12. The molecule has 5 fully saturated rings. The van der Waals surface area contributed by atoms with Gasteiger partial charge < -0.3 is 56.8 Å². The van der Waals surface area contributed by atoms with Gasteiger partial charge in [0.1, 0.15) is 43.7 Å². The lowest BCUT2D eigenvalue weighted by Crippen LogP contribution is -2.65. The fourth-order valence-corrected chi connectivity index (χ4v) is 13.7. The Morgan fingerprint density at radius 3 is 1.40 bits per heavy atom. The van der Waals surface area contributed by atoms with Crippen LogP contribution in [0, 0.1) is 17.8 Å². The highest BCUT2D eigenvalue weighted by molar-refractivity contribution is 5.90. The molecule has 0 radical (unpaired) electrons. The summed E-state index contributed by atoms with van der Waals surface area (Å²) in [5, 5.41) is 0. The van der Waals surface area contributed by atoms with Crippen LogP contribution in [0.2, 0.25) is 0 Å². The van der Waals surface area contributed by atoms with Crippen molar-refractivity contribution in [1.82, 2.24) is 0 Å². The van der Waals surface area contributed by atoms with Crippen LogP contribution in [0.1, 0.15) is 131 Å². The smallest absolute Gasteiger partial charge is 0.338 e. The predicted octanol–water partition coefficient (Wildman–Crippen LogP) is 14.0. The molecule has 498 valence electrons. The van der Waals surface area contributed by atoms with Gasteiger partial charge in [0.25, 0.3) is 0 Å². The van der Waals surface area contributed by atoms with Crippen molar-refractivity contribution in [2.45, 2.75) is 184 Å². The van der Waals surface area contributed by atoms with Crippen LogP contribution in [0.5, 0.6) is 0 Å². The van der Waals surface area contributed by atoms with E-state index in [4.69, 9.17) is 56.8 Å². The molecule has 3 saturated carbocycles. The Bertz CT molecular complexity index is 3470. The van der Waals surface area contributed by atoms with Crippen LogP contribution >= 0.6 is 0 Å². The Hall–Kier alpha value is -7.90. The molecule has 2 aliphatic heterocycles. The molecule has 3 aliphatic carbocycles. The van der Waals surface area contributed by atoms with Gasteiger partial charge in [-0.3, -0.25) is 0 Å². The van der Waals surface area contributed by atoms with Gasteiger partial charge in [-0.05, 0) is 115 Å². The van der Waals surface area contributed by atoms with E-state index in [9.17, 15) is 14.4 Å². The van der Waals surface area contributed by atoms with Gasteiger partial charge in [0, 0.05) is 0 Å². The summed E-state index contributed by atoms with van der Waals surface area (Å²) in [4.78, 5) is 58.9. The summed E-state index contributed by atoms with van der Waals surface area (Å²) in [6.45, 7) is 2.18. The SMILES string of the molecule is C[C@@H]1O[C@@H](O[C@@H]2[C@@H](C3CC3)CCC[C@H]2O[C@@H]2O[C@H](COC(=O)c3ccccc3)[C@H](OC(=O)c3ccccc3)[C@H](O[C@@H](CC3CCCCC3)C(=O)OCc3ccccc3)[C@H]2OC(=O)c2ccccc2)[C@@H](OCc2ccccc2)[C@H](OCc2ccccc2)[C@@H]1OCc1ccccc1. The molecule has 2 heterocycles. The van der Waals surface area contributed by atoms with Crippen LogP contribution in [0.4, 0.5) is 0 Å². The molecule has 7 aromatic rings. The molecule has 7 aromatic carbocycles. The second-order valence-corrected chi connectivity index (χ2v) is 25.6. The molecule has 95 heavy (non-hydrogen) atoms. The van der Waals surface area contributed by atoms with Crippen LogP contribution in [0.25, 0.3) is 0 Å². The first-order chi connectivity index (χ1) is 46.7. The highest BCUT2D eigenvalue weighted by Crippen LogP contribution is 2.48. The zero-order valence-corrected chi connectivity index (χ0v) is 53.8. The standard InChI is InChI=1S/C79H86O16/c1-53-67(84-48-55-29-12-3-13-30-55)70(85-49-56-31-14-4-15-32-56)72(86-50-57-33-16-5-17-34-57)78(89-53)95-68-63(59-45-46-59)43-26-44-64(68)91-79-73(94-76(82)62-41-24-9-25-42-62)71(90-65(47-54-27-10-2-11-28-54)77(83)87-51-58-35-18-6-19-36-58)69(93-75(81)61-39-22-8-23-40-61)66(92-79)52-88-74(80)60-37-20-7-21-38-60/h3-9,12-25,29-42,53-54,59,63-73,78-79H,2,10-11,26-28,43-52H2,1H3/t53-,63+,64+,65-,66+,67+,68+,69-,70+,71-,72-,73+,78-,79+/m0/s1. The zero-order chi connectivity index (χ0) is 65.1. The van der Waals surface area contributed by atoms with Crippen LogP contribution in [-0.2, 0) is 88.1 Å². The summed E-state index contributed by atoms with van der Waals surface area (Å²) in [6.07, 6.45) is -5.15. The first-order valence-electron chi connectivity index (χ1n) is 33.9. The Morgan fingerprint density at radius 1 is 0.411 bits per heavy atom. The molecule has 2 saturated heterocycles. The molecule has 0 amide bonds. The summed E-state index contributed by atoms with van der Waals surface area (Å²) < 4.78 is 83.3. The van der Waals surface area contributed by atoms with Gasteiger partial charge in [0.05, 0.1) is 54.8 Å². The van der Waals surface area contributed by atoms with E-state index in [2.05, 4.69) is 0 Å². The maximum atomic E-state index is 15.0. The van der Waals surface area contributed by atoms with Crippen LogP contribution in [0.15, 0.2) is 212 Å². The second kappa shape index (κ2) is 33.7. The minimum absolute atomic E-state index is 0.0411. The summed E-state index contributed by atoms with van der Waals surface area (Å²) in [5.74, 6) is -2.57. The van der Waals surface area contributed by atoms with E-state index in [0.29, 0.717) is 13.0 Å². The van der Waals surface area contributed by atoms with Gasteiger partial charge >= 0.3 is 23.9 Å². The van der Waals surface area contributed by atoms with E-state index >= 15 is 4.79 Å². The molecule has 5 aliphatic rings. The number of hydrogen-bond donors (Lipinski definition) is 0. The summed E-state index contributed by atoms with van der Waals surface area (Å²) >= 11 is 0. The number of benzene rings is 7. The molecule has 0 N–H and O–H groups in total. The maximum Gasteiger partial charge on any atom is 0.338 e. The van der Waals surface area contributed by atoms with E-state index < -0.39 is 110 Å². The van der Waals surface area contributed by atoms with Crippen LogP contribution in [0.3, 0.4) is 0 Å². The Balaban J connectivity index is 0.935. The van der Waals surface area contributed by atoms with Crippen molar-refractivity contribution in [3.63, 3.8) is 0 Å². The third-order valence-electron chi connectivity index (χ3n) is 18.8. The fourth-order valence-electron chi connectivity index (χ4n) is 13.7. The molecule has 12 rings (SSSR count). The van der Waals surface area contributed by atoms with Crippen molar-refractivity contribution in [3.8, 4) is 0 Å². The number of hydrogen-bond acceptors (Lipinski definition) is 16. The monoisotopic (exact) mass is 1290 g/mol. The minimum Gasteiger partial charge on any atom is -0.459 e. The Morgan fingerprint density at radius 2 is 0.874 bits per heavy atom. The number of esters is 4. The second-order valence-electron chi connectivity index (χ2n) is 25.6. The third-order valence-corrected chi connectivity index (χ3v) is 18.8. The van der Waals surface area contributed by atoms with E-state index in [1.165, 1.54) is 0 Å². The van der Waals surface area contributed by atoms with Crippen molar-refractivity contribution < 1.29 is 76.0 Å². The van der Waals surface area contributed by atoms with Crippen molar-refractivity contribution in [2.24, 2.45) is 17.8 Å². The molecular weight excluding hydrogens is 1200 g/mol. The van der Waals surface area contributed by atoms with E-state index in [-0.39, 0.29) is 60.7 Å². The molecule has 0 unspecified atom stereocenters. The topological polar surface area (TPSA) is 179 Å². The van der Waals surface area contributed by atoms with Crippen molar-refractivity contribution in [2.75, 3.05) is 6.61 Å². The van der Waals surface area contributed by atoms with Gasteiger partial charge in [0.2, 0.25) is 0 Å². The van der Waals surface area contributed by atoms with Gasteiger partial charge in [0.15, 0.2) is 30.9 Å². The van der Waals surface area contributed by atoms with Gasteiger partial charge in [-0.15, -0.1) is 0 Å². The van der Waals surface area contributed by atoms with E-state index in [0.717, 1.165) is 80.0 Å². The number of rotatable bonds is 28. The lowest BCUT2D eigenvalue weighted by atomic mass is 9.81.